The summed E-state index contributed by atoms with van der Waals surface area (Å²) >= 11 is 12.5. The first-order valence-electron chi connectivity index (χ1n) is 15.0. The van der Waals surface area contributed by atoms with Crippen LogP contribution in [0, 0.1) is 23.2 Å². The Morgan fingerprint density at radius 3 is 2.63 bits per heavy atom. The molecule has 2 aromatic carbocycles. The Bertz CT molecular complexity index is 1620. The number of benzene rings is 2. The van der Waals surface area contributed by atoms with Crippen LogP contribution in [0.2, 0.25) is 10.0 Å². The summed E-state index contributed by atoms with van der Waals surface area (Å²) in [5.74, 6) is 3.03. The van der Waals surface area contributed by atoms with Crippen LogP contribution in [0.1, 0.15) is 39.2 Å². The highest BCUT2D eigenvalue weighted by atomic mass is 35.5. The van der Waals surface area contributed by atoms with Gasteiger partial charge in [-0.3, -0.25) is 14.2 Å². The summed E-state index contributed by atoms with van der Waals surface area (Å²) in [4.78, 5) is 31.4. The average Bonchev–Trinajstić information content (AvgIpc) is 2.95. The first-order valence-corrected chi connectivity index (χ1v) is 15.8. The van der Waals surface area contributed by atoms with Gasteiger partial charge in [-0.05, 0) is 78.3 Å². The number of aromatic nitrogens is 2. The molecule has 2 bridgehead atoms. The van der Waals surface area contributed by atoms with Gasteiger partial charge in [0.15, 0.2) is 5.96 Å². The normalized spacial score (nSPS) is 24.9. The number of aryl methyl sites for hydroxylation is 1. The van der Waals surface area contributed by atoms with E-state index in [-0.39, 0.29) is 17.7 Å². The number of fused-ring (bicyclic) bond motifs is 3. The largest absolute Gasteiger partial charge is 0.389 e. The number of guanidine groups is 1. The molecule has 1 aliphatic heterocycles. The Morgan fingerprint density at radius 2 is 1.98 bits per heavy atom. The van der Waals surface area contributed by atoms with E-state index in [1.807, 2.05) is 18.2 Å². The third kappa shape index (κ3) is 5.61. The van der Waals surface area contributed by atoms with Crippen LogP contribution in [0.25, 0.3) is 10.9 Å². The average molecular weight is 628 g/mol. The van der Waals surface area contributed by atoms with E-state index in [1.165, 1.54) is 18.6 Å². The molecule has 3 aliphatic carbocycles. The summed E-state index contributed by atoms with van der Waals surface area (Å²) in [6, 6.07) is 11.2. The molecule has 9 nitrogen and oxygen atoms in total. The zero-order chi connectivity index (χ0) is 30.6. The molecule has 4 atom stereocenters. The van der Waals surface area contributed by atoms with Crippen LogP contribution < -0.4 is 15.9 Å². The summed E-state index contributed by atoms with van der Waals surface area (Å²) in [5.41, 5.74) is 2.44. The standard InChI is InChI=1S/C32H40Cl2N6O3/c1-18-25-12-20(32(25,2)3)13-27(18)36-30(39-16-23(41)17-39)35-22-8-9-24-28(15-22)37-31(38(4)43-5)40(29(24)42)11-10-19-6-7-21(33)14-26(19)34/h6-9,14-15,18,20,23,25,27,41H,10-13,16-17H2,1-5H3,(H,35,36)/t18?,20-,25+,27-/m0/s1. The Hall–Kier alpha value is -2.85. The minimum Gasteiger partial charge on any atom is -0.389 e. The number of rotatable bonds is 7. The minimum atomic E-state index is -0.352. The van der Waals surface area contributed by atoms with Crippen molar-refractivity contribution in [3.8, 4) is 0 Å². The van der Waals surface area contributed by atoms with Crippen LogP contribution in [0.3, 0.4) is 0 Å². The van der Waals surface area contributed by atoms with E-state index in [0.29, 0.717) is 76.1 Å². The van der Waals surface area contributed by atoms with E-state index in [2.05, 4.69) is 31.0 Å². The van der Waals surface area contributed by atoms with Gasteiger partial charge >= 0.3 is 0 Å². The van der Waals surface area contributed by atoms with Crippen molar-refractivity contribution in [3.63, 3.8) is 0 Å². The number of likely N-dealkylation sites (tertiary alicyclic amines) is 1. The maximum absolute atomic E-state index is 13.8. The van der Waals surface area contributed by atoms with E-state index in [1.54, 1.807) is 29.8 Å². The van der Waals surface area contributed by atoms with E-state index in [0.717, 1.165) is 23.6 Å². The number of aliphatic hydroxyl groups excluding tert-OH is 1. The number of aliphatic imine (C=N–C) groups is 1. The van der Waals surface area contributed by atoms with E-state index >= 15 is 0 Å². The fraction of sp³-hybridized carbons (Fsp3) is 0.531. The molecule has 0 spiro atoms. The third-order valence-corrected chi connectivity index (χ3v) is 10.7. The van der Waals surface area contributed by atoms with Crippen molar-refractivity contribution in [1.29, 1.82) is 0 Å². The number of hydroxylamine groups is 1. The van der Waals surface area contributed by atoms with Gasteiger partial charge in [0.05, 0.1) is 30.2 Å². The summed E-state index contributed by atoms with van der Waals surface area (Å²) in [5, 5.41) is 16.7. The minimum absolute atomic E-state index is 0.168. The van der Waals surface area contributed by atoms with Crippen molar-refractivity contribution in [2.45, 2.75) is 58.7 Å². The van der Waals surface area contributed by atoms with Gasteiger partial charge in [-0.2, -0.15) is 0 Å². The number of nitrogens with zero attached hydrogens (tertiary/aromatic N) is 5. The lowest BCUT2D eigenvalue weighted by molar-refractivity contribution is -0.108. The van der Waals surface area contributed by atoms with E-state index < -0.39 is 0 Å². The van der Waals surface area contributed by atoms with Crippen molar-refractivity contribution in [3.05, 3.63) is 62.4 Å². The number of halogens is 2. The molecule has 43 heavy (non-hydrogen) atoms. The fourth-order valence-corrected chi connectivity index (χ4v) is 7.67. The van der Waals surface area contributed by atoms with Gasteiger partial charge in [0.25, 0.3) is 5.56 Å². The number of aliphatic hydroxyl groups is 1. The molecule has 1 saturated heterocycles. The number of hydrogen-bond acceptors (Lipinski definition) is 6. The van der Waals surface area contributed by atoms with E-state index in [4.69, 9.17) is 38.0 Å². The molecule has 3 saturated carbocycles. The zero-order valence-electron chi connectivity index (χ0n) is 25.3. The summed E-state index contributed by atoms with van der Waals surface area (Å²) in [6.07, 6.45) is 2.55. The number of nitrogens with one attached hydrogen (secondary N) is 1. The van der Waals surface area contributed by atoms with Gasteiger partial charge in [0, 0.05) is 42.4 Å². The summed E-state index contributed by atoms with van der Waals surface area (Å²) in [7, 11) is 3.26. The number of β-amino-alcohol motifs (C(OH)–C–C–N with tert-alkyl or cyclic N) is 1. The van der Waals surface area contributed by atoms with Crippen molar-refractivity contribution in [1.82, 2.24) is 14.5 Å². The molecule has 3 aromatic rings. The Labute approximate surface area is 262 Å². The highest BCUT2D eigenvalue weighted by Crippen LogP contribution is 2.61. The van der Waals surface area contributed by atoms with Gasteiger partial charge in [-0.15, -0.1) is 0 Å². The van der Waals surface area contributed by atoms with E-state index in [9.17, 15) is 9.90 Å². The van der Waals surface area contributed by atoms with Crippen molar-refractivity contribution in [2.24, 2.45) is 28.2 Å². The SMILES string of the molecule is CON(C)c1nc2cc(NC(=N[C@H]3C[C@@H]4C[C@H](C3C)C4(C)C)N3CC(O)C3)ccc2c(=O)n1CCc1ccc(Cl)cc1Cl. The molecule has 1 aromatic heterocycles. The van der Waals surface area contributed by atoms with Crippen LogP contribution in [-0.4, -0.2) is 64.9 Å². The summed E-state index contributed by atoms with van der Waals surface area (Å²) < 4.78 is 1.61. The van der Waals surface area contributed by atoms with Gasteiger partial charge in [-0.25, -0.2) is 15.0 Å². The highest BCUT2D eigenvalue weighted by Gasteiger charge is 2.56. The molecular weight excluding hydrogens is 587 g/mol. The lowest BCUT2D eigenvalue weighted by atomic mass is 9.45. The zero-order valence-corrected chi connectivity index (χ0v) is 26.9. The van der Waals surface area contributed by atoms with Crippen molar-refractivity contribution in [2.75, 3.05) is 37.6 Å². The molecule has 0 radical (unpaired) electrons. The van der Waals surface area contributed by atoms with Gasteiger partial charge < -0.3 is 15.3 Å². The molecular formula is C32H40Cl2N6O3. The van der Waals surface area contributed by atoms with Crippen LogP contribution in [0.15, 0.2) is 46.2 Å². The predicted octanol–water partition coefficient (Wildman–Crippen LogP) is 5.46. The lowest BCUT2D eigenvalue weighted by Crippen LogP contribution is -2.58. The van der Waals surface area contributed by atoms with Gasteiger partial charge in [0.1, 0.15) is 0 Å². The van der Waals surface area contributed by atoms with Crippen LogP contribution >= 0.6 is 23.2 Å². The Balaban J connectivity index is 1.30. The number of anilines is 2. The second-order valence-corrected chi connectivity index (χ2v) is 13.8. The molecule has 7 rings (SSSR count). The first-order chi connectivity index (χ1) is 20.5. The quantitative estimate of drug-likeness (QED) is 0.204. The molecule has 4 fully saturated rings. The Morgan fingerprint density at radius 1 is 1.21 bits per heavy atom. The third-order valence-electron chi connectivity index (χ3n) is 10.1. The van der Waals surface area contributed by atoms with Gasteiger partial charge in [-0.1, -0.05) is 50.0 Å². The molecule has 0 amide bonds. The fourth-order valence-electron chi connectivity index (χ4n) is 7.17. The molecule has 11 heteroatoms. The maximum Gasteiger partial charge on any atom is 0.262 e. The summed E-state index contributed by atoms with van der Waals surface area (Å²) in [6.45, 7) is 8.57. The molecule has 2 N–H and O–H groups in total. The second-order valence-electron chi connectivity index (χ2n) is 12.9. The maximum atomic E-state index is 13.8. The monoisotopic (exact) mass is 626 g/mol. The topological polar surface area (TPSA) is 95.2 Å². The van der Waals surface area contributed by atoms with Crippen LogP contribution in [-0.2, 0) is 17.8 Å². The lowest BCUT2D eigenvalue weighted by Gasteiger charge is -2.61. The Kier molecular flexibility index (Phi) is 8.13. The van der Waals surface area contributed by atoms with Crippen molar-refractivity contribution < 1.29 is 9.94 Å². The first kappa shape index (κ1) is 30.2. The van der Waals surface area contributed by atoms with Gasteiger partial charge in [0.2, 0.25) is 5.95 Å². The van der Waals surface area contributed by atoms with Crippen LogP contribution in [0.5, 0.6) is 0 Å². The molecule has 2 heterocycles. The van der Waals surface area contributed by atoms with Crippen LogP contribution in [0.4, 0.5) is 11.6 Å². The smallest absolute Gasteiger partial charge is 0.262 e. The molecule has 1 unspecified atom stereocenters. The van der Waals surface area contributed by atoms with Crippen molar-refractivity contribution >= 4 is 51.7 Å². The predicted molar refractivity (Wildman–Crippen MR) is 173 cm³/mol. The molecule has 230 valence electrons. The molecule has 4 aliphatic rings. The highest BCUT2D eigenvalue weighted by molar-refractivity contribution is 6.35. The second kappa shape index (κ2) is 11.6. The number of hydrogen-bond donors (Lipinski definition) is 2.